The largest absolute Gasteiger partial charge is 0.465 e. The lowest BCUT2D eigenvalue weighted by Crippen LogP contribution is -2.43. The number of hydrogen-bond acceptors (Lipinski definition) is 9. The van der Waals surface area contributed by atoms with Crippen molar-refractivity contribution in [3.63, 3.8) is 0 Å². The van der Waals surface area contributed by atoms with Gasteiger partial charge in [-0.05, 0) is 121 Å². The number of carbonyl (C=O) groups is 4. The van der Waals surface area contributed by atoms with Gasteiger partial charge in [0, 0.05) is 36.8 Å². The molecule has 0 saturated carbocycles. The molecule has 2 aliphatic rings. The number of rotatable bonds is 12. The van der Waals surface area contributed by atoms with Crippen molar-refractivity contribution in [2.45, 2.75) is 67.2 Å². The molecule has 9 nitrogen and oxygen atoms in total. The number of hydrogen-bond donors (Lipinski definition) is 0. The molecule has 0 atom stereocenters. The van der Waals surface area contributed by atoms with Crippen LogP contribution in [0.25, 0.3) is 44.8 Å². The molecule has 9 heteroatoms. The average molecular weight is 780 g/mol. The van der Waals surface area contributed by atoms with Gasteiger partial charge in [-0.3, -0.25) is 19.2 Å². The fraction of sp³-hybridized carbons (Fsp3) is 0.327. The summed E-state index contributed by atoms with van der Waals surface area (Å²) in [6, 6.07) is 30.0. The van der Waals surface area contributed by atoms with Gasteiger partial charge >= 0.3 is 23.9 Å². The third kappa shape index (κ3) is 6.86. The predicted molar refractivity (Wildman–Crippen MR) is 222 cm³/mol. The molecule has 298 valence electrons. The van der Waals surface area contributed by atoms with E-state index in [9.17, 15) is 19.2 Å². The summed E-state index contributed by atoms with van der Waals surface area (Å²) in [6.07, 6.45) is 0.613. The Kier molecular flexibility index (Phi) is 11.4. The highest BCUT2D eigenvalue weighted by Gasteiger charge is 2.55. The van der Waals surface area contributed by atoms with Gasteiger partial charge in [0.25, 0.3) is 0 Å². The minimum absolute atomic E-state index is 0.142. The maximum absolute atomic E-state index is 13.7. The number of ether oxygens (including phenoxy) is 4. The quantitative estimate of drug-likeness (QED) is 0.0696. The Bertz CT molecular complexity index is 2200. The van der Waals surface area contributed by atoms with Crippen LogP contribution in [0.4, 0.5) is 0 Å². The SMILES string of the molecule is CCOC(=O)C1(C(=O)OCC)Cc2c(-c3ccccc3)cc(-c3cccc(-c4cc(-c5ccccc5)c5c(c4C)CC(C(=O)OCC)(C(=O)OCC)C5)n3)c(C)c2C1. The lowest BCUT2D eigenvalue weighted by atomic mass is 9.84. The highest BCUT2D eigenvalue weighted by atomic mass is 16.6. The second-order valence-electron chi connectivity index (χ2n) is 15.0. The summed E-state index contributed by atoms with van der Waals surface area (Å²) in [4.78, 5) is 60.1. The highest BCUT2D eigenvalue weighted by Crippen LogP contribution is 2.49. The smallest absolute Gasteiger partial charge is 0.324 e. The second kappa shape index (κ2) is 16.4. The zero-order valence-corrected chi connectivity index (χ0v) is 34.0. The molecule has 2 aliphatic carbocycles. The zero-order chi connectivity index (χ0) is 41.2. The van der Waals surface area contributed by atoms with E-state index in [4.69, 9.17) is 23.9 Å². The monoisotopic (exact) mass is 779 g/mol. The minimum atomic E-state index is -1.51. The Morgan fingerprint density at radius 3 is 1.12 bits per heavy atom. The molecular formula is C49H49NO8. The van der Waals surface area contributed by atoms with Gasteiger partial charge in [0.2, 0.25) is 0 Å². The van der Waals surface area contributed by atoms with E-state index in [0.29, 0.717) is 11.4 Å². The molecule has 0 aliphatic heterocycles. The Hall–Kier alpha value is -6.09. The van der Waals surface area contributed by atoms with Crippen LogP contribution >= 0.6 is 0 Å². The van der Waals surface area contributed by atoms with Crippen LogP contribution < -0.4 is 0 Å². The van der Waals surface area contributed by atoms with Crippen LogP contribution in [0.3, 0.4) is 0 Å². The molecule has 0 amide bonds. The van der Waals surface area contributed by atoms with Gasteiger partial charge < -0.3 is 18.9 Å². The summed E-state index contributed by atoms with van der Waals surface area (Å²) in [5.74, 6) is -2.33. The minimum Gasteiger partial charge on any atom is -0.465 e. The van der Waals surface area contributed by atoms with Crippen LogP contribution in [0.5, 0.6) is 0 Å². The number of benzene rings is 4. The van der Waals surface area contributed by atoms with Crippen molar-refractivity contribution in [3.8, 4) is 44.8 Å². The predicted octanol–water partition coefficient (Wildman–Crippen LogP) is 8.79. The number of esters is 4. The first-order valence-corrected chi connectivity index (χ1v) is 20.1. The fourth-order valence-corrected chi connectivity index (χ4v) is 8.84. The third-order valence-corrected chi connectivity index (χ3v) is 11.7. The van der Waals surface area contributed by atoms with Crippen molar-refractivity contribution >= 4 is 23.9 Å². The standard InChI is InChI=1S/C49H49NO8/c1-7-55-44(51)48(45(52)56-8-2)26-38-30(5)34(24-36(40(38)28-48)32-18-13-11-14-19-32)42-22-17-23-43(50-42)35-25-37(33-20-15-12-16-21-33)41-29-49(46(53)57-9-3,47(54)58-10-4)27-39(41)31(35)6/h11-25H,7-10,26-29H2,1-6H3. The molecule has 1 aromatic heterocycles. The van der Waals surface area contributed by atoms with Crippen molar-refractivity contribution in [2.75, 3.05) is 26.4 Å². The number of fused-ring (bicyclic) bond motifs is 2. The van der Waals surface area contributed by atoms with E-state index in [1.807, 2.05) is 92.7 Å². The Morgan fingerprint density at radius 1 is 0.466 bits per heavy atom. The van der Waals surface area contributed by atoms with Crippen molar-refractivity contribution in [1.29, 1.82) is 0 Å². The molecule has 0 radical (unpaired) electrons. The normalized spacial score (nSPS) is 14.6. The molecule has 0 fully saturated rings. The van der Waals surface area contributed by atoms with Crippen LogP contribution in [-0.2, 0) is 63.8 Å². The third-order valence-electron chi connectivity index (χ3n) is 11.7. The highest BCUT2D eigenvalue weighted by molar-refractivity contribution is 6.03. The van der Waals surface area contributed by atoms with Crippen LogP contribution in [0, 0.1) is 24.7 Å². The van der Waals surface area contributed by atoms with E-state index in [1.165, 1.54) is 0 Å². The number of nitrogens with zero attached hydrogens (tertiary/aromatic N) is 1. The maximum Gasteiger partial charge on any atom is 0.324 e. The van der Waals surface area contributed by atoms with E-state index in [2.05, 4.69) is 12.1 Å². The van der Waals surface area contributed by atoms with Crippen LogP contribution in [0.2, 0.25) is 0 Å². The van der Waals surface area contributed by atoms with Crippen LogP contribution in [0.1, 0.15) is 61.1 Å². The first-order chi connectivity index (χ1) is 28.0. The Morgan fingerprint density at radius 2 is 0.793 bits per heavy atom. The number of carbonyl (C=O) groups excluding carboxylic acids is 4. The summed E-state index contributed by atoms with van der Waals surface area (Å²) < 4.78 is 22.1. The van der Waals surface area contributed by atoms with E-state index < -0.39 is 34.7 Å². The summed E-state index contributed by atoms with van der Waals surface area (Å²) in [6.45, 7) is 11.5. The fourth-order valence-electron chi connectivity index (χ4n) is 8.84. The summed E-state index contributed by atoms with van der Waals surface area (Å²) in [5.41, 5.74) is 9.35. The van der Waals surface area contributed by atoms with Gasteiger partial charge in [-0.2, -0.15) is 0 Å². The van der Waals surface area contributed by atoms with Crippen LogP contribution in [0.15, 0.2) is 91.0 Å². The molecule has 4 aromatic carbocycles. The van der Waals surface area contributed by atoms with Gasteiger partial charge in [-0.25, -0.2) is 4.98 Å². The van der Waals surface area contributed by atoms with E-state index in [1.54, 1.807) is 27.7 Å². The van der Waals surface area contributed by atoms with E-state index >= 15 is 0 Å². The van der Waals surface area contributed by atoms with E-state index in [0.717, 1.165) is 66.8 Å². The lowest BCUT2D eigenvalue weighted by Gasteiger charge is -2.24. The van der Waals surface area contributed by atoms with Gasteiger partial charge in [0.05, 0.1) is 37.8 Å². The summed E-state index contributed by atoms with van der Waals surface area (Å²) in [7, 11) is 0. The van der Waals surface area contributed by atoms with E-state index in [-0.39, 0.29) is 52.1 Å². The first-order valence-electron chi connectivity index (χ1n) is 20.1. The summed E-state index contributed by atoms with van der Waals surface area (Å²) >= 11 is 0. The molecule has 0 saturated heterocycles. The first kappa shape index (κ1) is 40.1. The molecular weight excluding hydrogens is 731 g/mol. The maximum atomic E-state index is 13.7. The molecule has 0 unspecified atom stereocenters. The molecule has 58 heavy (non-hydrogen) atoms. The van der Waals surface area contributed by atoms with Gasteiger partial charge in [0.1, 0.15) is 0 Å². The van der Waals surface area contributed by atoms with Crippen molar-refractivity contribution in [1.82, 2.24) is 4.98 Å². The van der Waals surface area contributed by atoms with Gasteiger partial charge in [-0.1, -0.05) is 66.7 Å². The molecule has 7 rings (SSSR count). The lowest BCUT2D eigenvalue weighted by molar-refractivity contribution is -0.173. The molecule has 5 aromatic rings. The van der Waals surface area contributed by atoms with Crippen molar-refractivity contribution < 1.29 is 38.1 Å². The second-order valence-corrected chi connectivity index (χ2v) is 15.0. The Balaban J connectivity index is 1.40. The number of aromatic nitrogens is 1. The zero-order valence-electron chi connectivity index (χ0n) is 34.0. The van der Waals surface area contributed by atoms with Crippen molar-refractivity contribution in [3.05, 3.63) is 124 Å². The van der Waals surface area contributed by atoms with Crippen molar-refractivity contribution in [2.24, 2.45) is 10.8 Å². The van der Waals surface area contributed by atoms with Crippen LogP contribution in [-0.4, -0.2) is 55.3 Å². The molecule has 1 heterocycles. The molecule has 0 bridgehead atoms. The average Bonchev–Trinajstić information content (AvgIpc) is 3.86. The summed E-state index contributed by atoms with van der Waals surface area (Å²) in [5, 5.41) is 0. The Labute approximate surface area is 339 Å². The van der Waals surface area contributed by atoms with Gasteiger partial charge in [-0.15, -0.1) is 0 Å². The number of pyridine rings is 1. The van der Waals surface area contributed by atoms with Gasteiger partial charge in [0.15, 0.2) is 10.8 Å². The topological polar surface area (TPSA) is 118 Å². The molecule has 0 spiro atoms. The molecule has 0 N–H and O–H groups in total.